The van der Waals surface area contributed by atoms with Gasteiger partial charge >= 0.3 is 0 Å². The maximum absolute atomic E-state index is 15.4. The third-order valence-electron chi connectivity index (χ3n) is 8.13. The topological polar surface area (TPSA) is 40.6 Å². The molecule has 0 aromatic heterocycles. The summed E-state index contributed by atoms with van der Waals surface area (Å²) in [4.78, 5) is 28.4. The summed E-state index contributed by atoms with van der Waals surface area (Å²) in [6.07, 6.45) is 3.65. The Morgan fingerprint density at radius 1 is 1.15 bits per heavy atom. The van der Waals surface area contributed by atoms with Crippen molar-refractivity contribution in [2.45, 2.75) is 64.3 Å². The molecule has 0 bridgehead atoms. The highest BCUT2D eigenvalue weighted by molar-refractivity contribution is 6.31. The third-order valence-corrected chi connectivity index (χ3v) is 8.48. The number of hydrogen-bond acceptors (Lipinski definition) is 2. The average Bonchev–Trinajstić information content (AvgIpc) is 2.72. The molecular formula is C26H33ClF2N2O2. The first-order chi connectivity index (χ1) is 15.4. The molecule has 2 saturated heterocycles. The summed E-state index contributed by atoms with van der Waals surface area (Å²) >= 11 is 6.51. The molecule has 180 valence electrons. The maximum atomic E-state index is 15.4. The van der Waals surface area contributed by atoms with Crippen molar-refractivity contribution in [3.05, 3.63) is 47.5 Å². The number of rotatable bonds is 3. The number of hydrogen-bond donors (Lipinski definition) is 0. The minimum Gasteiger partial charge on any atom is -0.337 e. The second-order valence-corrected chi connectivity index (χ2v) is 11.5. The molecule has 33 heavy (non-hydrogen) atoms. The van der Waals surface area contributed by atoms with Crippen LogP contribution in [0.4, 0.5) is 8.78 Å². The Morgan fingerprint density at radius 2 is 1.82 bits per heavy atom. The van der Waals surface area contributed by atoms with Gasteiger partial charge in [-0.05, 0) is 61.6 Å². The molecule has 1 spiro atoms. The van der Waals surface area contributed by atoms with Gasteiger partial charge in [-0.15, -0.1) is 0 Å². The number of halogens is 3. The Hall–Kier alpha value is -1.95. The van der Waals surface area contributed by atoms with E-state index in [-0.39, 0.29) is 54.6 Å². The SMILES string of the molecule is C=CC(=O)N1CC2(C[C@H](C)N(C(=O)[C@H]3CCC(C)(C)C[C@@H]3c3ccccc3Cl)CC2(F)F)C1. The molecule has 7 heteroatoms. The van der Waals surface area contributed by atoms with Crippen molar-refractivity contribution in [2.75, 3.05) is 19.6 Å². The summed E-state index contributed by atoms with van der Waals surface area (Å²) in [7, 11) is 0. The molecule has 2 aliphatic heterocycles. The van der Waals surface area contributed by atoms with E-state index in [0.29, 0.717) is 11.4 Å². The minimum atomic E-state index is -3.05. The van der Waals surface area contributed by atoms with Gasteiger partial charge in [0.15, 0.2) is 0 Å². The lowest BCUT2D eigenvalue weighted by atomic mass is 9.63. The van der Waals surface area contributed by atoms with Crippen LogP contribution in [0.15, 0.2) is 36.9 Å². The average molecular weight is 479 g/mol. The van der Waals surface area contributed by atoms with E-state index < -0.39 is 17.9 Å². The van der Waals surface area contributed by atoms with Crippen LogP contribution in [0.3, 0.4) is 0 Å². The van der Waals surface area contributed by atoms with Gasteiger partial charge in [-0.2, -0.15) is 0 Å². The fourth-order valence-electron chi connectivity index (χ4n) is 6.19. The zero-order chi connectivity index (χ0) is 24.2. The summed E-state index contributed by atoms with van der Waals surface area (Å²) in [5.74, 6) is -4.05. The Balaban J connectivity index is 1.56. The zero-order valence-electron chi connectivity index (χ0n) is 19.6. The van der Waals surface area contributed by atoms with Crippen molar-refractivity contribution in [1.29, 1.82) is 0 Å². The van der Waals surface area contributed by atoms with E-state index in [1.165, 1.54) is 9.80 Å². The lowest BCUT2D eigenvalue weighted by Gasteiger charge is -2.59. The van der Waals surface area contributed by atoms with Gasteiger partial charge in [0.05, 0.1) is 12.0 Å². The summed E-state index contributed by atoms with van der Waals surface area (Å²) in [5, 5.41) is 0.621. The number of piperidine rings is 1. The monoisotopic (exact) mass is 478 g/mol. The van der Waals surface area contributed by atoms with Crippen molar-refractivity contribution >= 4 is 23.4 Å². The molecule has 0 radical (unpaired) electrons. The van der Waals surface area contributed by atoms with Gasteiger partial charge in [-0.1, -0.05) is 50.2 Å². The van der Waals surface area contributed by atoms with Crippen LogP contribution in [0, 0.1) is 16.7 Å². The Kier molecular flexibility index (Phi) is 6.13. The molecule has 2 heterocycles. The fraction of sp³-hybridized carbons (Fsp3) is 0.615. The summed E-state index contributed by atoms with van der Waals surface area (Å²) in [6, 6.07) is 7.24. The molecule has 4 nitrogen and oxygen atoms in total. The molecule has 1 aromatic carbocycles. The Labute approximate surface area is 200 Å². The van der Waals surface area contributed by atoms with Gasteiger partial charge in [0, 0.05) is 30.1 Å². The molecule has 3 fully saturated rings. The Bertz CT molecular complexity index is 957. The highest BCUT2D eigenvalue weighted by atomic mass is 35.5. The number of carbonyl (C=O) groups excluding carboxylic acids is 2. The normalized spacial score (nSPS) is 29.9. The number of nitrogens with zero attached hydrogens (tertiary/aromatic N) is 2. The number of carbonyl (C=O) groups is 2. The molecular weight excluding hydrogens is 446 g/mol. The van der Waals surface area contributed by atoms with Gasteiger partial charge in [0.25, 0.3) is 5.92 Å². The van der Waals surface area contributed by atoms with E-state index in [1.54, 1.807) is 0 Å². The second-order valence-electron chi connectivity index (χ2n) is 11.0. The van der Waals surface area contributed by atoms with Gasteiger partial charge in [-0.3, -0.25) is 9.59 Å². The predicted octanol–water partition coefficient (Wildman–Crippen LogP) is 5.52. The standard InChI is InChI=1S/C26H33ClF2N2O2/c1-5-22(32)30-14-25(15-30)12-17(2)31(16-26(25,28)29)23(33)19-10-11-24(3,4)13-20(19)18-8-6-7-9-21(18)27/h5-9,17,19-20H,1,10-16H2,2-4H3/t17-,19-,20+/m0/s1. The molecule has 0 unspecified atom stereocenters. The quantitative estimate of drug-likeness (QED) is 0.536. The van der Waals surface area contributed by atoms with Crippen LogP contribution in [0.25, 0.3) is 0 Å². The summed E-state index contributed by atoms with van der Waals surface area (Å²) in [6.45, 7) is 9.09. The minimum absolute atomic E-state index is 0.0110. The smallest absolute Gasteiger partial charge is 0.274 e. The van der Waals surface area contributed by atoms with Crippen molar-refractivity contribution in [1.82, 2.24) is 9.80 Å². The van der Waals surface area contributed by atoms with E-state index in [9.17, 15) is 9.59 Å². The molecule has 3 atom stereocenters. The summed E-state index contributed by atoms with van der Waals surface area (Å²) < 4.78 is 30.8. The van der Waals surface area contributed by atoms with Crippen molar-refractivity contribution in [3.8, 4) is 0 Å². The van der Waals surface area contributed by atoms with Crippen LogP contribution in [-0.2, 0) is 9.59 Å². The van der Waals surface area contributed by atoms with E-state index in [1.807, 2.05) is 31.2 Å². The maximum Gasteiger partial charge on any atom is 0.274 e. The number of benzene rings is 1. The number of likely N-dealkylation sites (tertiary alicyclic amines) is 2. The molecule has 0 N–H and O–H groups in total. The molecule has 3 aliphatic rings. The van der Waals surface area contributed by atoms with E-state index in [4.69, 9.17) is 11.6 Å². The van der Waals surface area contributed by atoms with E-state index >= 15 is 8.78 Å². The highest BCUT2D eigenvalue weighted by Crippen LogP contribution is 2.54. The van der Waals surface area contributed by atoms with E-state index in [2.05, 4.69) is 20.4 Å². The lowest BCUT2D eigenvalue weighted by Crippen LogP contribution is -2.73. The van der Waals surface area contributed by atoms with Gasteiger partial charge in [0.1, 0.15) is 0 Å². The van der Waals surface area contributed by atoms with Crippen LogP contribution in [0.1, 0.15) is 57.9 Å². The largest absolute Gasteiger partial charge is 0.337 e. The van der Waals surface area contributed by atoms with Crippen LogP contribution < -0.4 is 0 Å². The molecule has 1 saturated carbocycles. The lowest BCUT2D eigenvalue weighted by molar-refractivity contribution is -0.232. The molecule has 2 amide bonds. The van der Waals surface area contributed by atoms with Crippen LogP contribution >= 0.6 is 11.6 Å². The van der Waals surface area contributed by atoms with Gasteiger partial charge in [0.2, 0.25) is 11.8 Å². The number of alkyl halides is 2. The first kappa shape index (κ1) is 24.2. The predicted molar refractivity (Wildman–Crippen MR) is 125 cm³/mol. The number of amides is 2. The first-order valence-corrected chi connectivity index (χ1v) is 12.1. The van der Waals surface area contributed by atoms with Crippen molar-refractivity contribution < 1.29 is 18.4 Å². The third kappa shape index (κ3) is 4.20. The Morgan fingerprint density at radius 3 is 2.45 bits per heavy atom. The van der Waals surface area contributed by atoms with Crippen molar-refractivity contribution in [3.63, 3.8) is 0 Å². The van der Waals surface area contributed by atoms with Crippen molar-refractivity contribution in [2.24, 2.45) is 16.7 Å². The van der Waals surface area contributed by atoms with Gasteiger partial charge in [-0.25, -0.2) is 8.78 Å². The van der Waals surface area contributed by atoms with Crippen LogP contribution in [0.5, 0.6) is 0 Å². The van der Waals surface area contributed by atoms with Crippen LogP contribution in [0.2, 0.25) is 5.02 Å². The molecule has 1 aromatic rings. The molecule has 4 rings (SSSR count). The second kappa shape index (κ2) is 8.37. The van der Waals surface area contributed by atoms with E-state index in [0.717, 1.165) is 24.5 Å². The van der Waals surface area contributed by atoms with Gasteiger partial charge < -0.3 is 9.80 Å². The first-order valence-electron chi connectivity index (χ1n) is 11.7. The van der Waals surface area contributed by atoms with Crippen LogP contribution in [-0.4, -0.2) is 53.2 Å². The fourth-order valence-corrected chi connectivity index (χ4v) is 6.46. The molecule has 1 aliphatic carbocycles. The summed E-state index contributed by atoms with van der Waals surface area (Å²) in [5.41, 5.74) is -0.288. The highest BCUT2D eigenvalue weighted by Gasteiger charge is 2.65. The zero-order valence-corrected chi connectivity index (χ0v) is 20.4.